The van der Waals surface area contributed by atoms with E-state index in [4.69, 9.17) is 4.42 Å². The summed E-state index contributed by atoms with van der Waals surface area (Å²) in [5, 5.41) is 1.27. The van der Waals surface area contributed by atoms with Crippen LogP contribution in [0.5, 0.6) is 0 Å². The zero-order valence-corrected chi connectivity index (χ0v) is 9.95. The van der Waals surface area contributed by atoms with Crippen molar-refractivity contribution in [3.05, 3.63) is 41.7 Å². The van der Waals surface area contributed by atoms with Crippen LogP contribution in [0.25, 0.3) is 17.0 Å². The molecule has 1 heterocycles. The lowest BCUT2D eigenvalue weighted by molar-refractivity contribution is 0.387. The molecule has 0 spiro atoms. The number of hydrogen-bond donors (Lipinski definition) is 0. The Hall–Kier alpha value is -1.50. The molecule has 1 aliphatic rings. The van der Waals surface area contributed by atoms with Gasteiger partial charge in [-0.15, -0.1) is 0 Å². The van der Waals surface area contributed by atoms with Crippen molar-refractivity contribution < 1.29 is 4.42 Å². The summed E-state index contributed by atoms with van der Waals surface area (Å²) < 4.78 is 5.87. The van der Waals surface area contributed by atoms with Crippen molar-refractivity contribution in [2.75, 3.05) is 0 Å². The maximum absolute atomic E-state index is 5.87. The smallest absolute Gasteiger partial charge is 0.135 e. The first-order valence-electron chi connectivity index (χ1n) is 5.80. The quantitative estimate of drug-likeness (QED) is 0.622. The second-order valence-corrected chi connectivity index (χ2v) is 5.25. The molecule has 82 valence electrons. The van der Waals surface area contributed by atoms with E-state index in [2.05, 4.69) is 45.1 Å². The van der Waals surface area contributed by atoms with Crippen molar-refractivity contribution >= 4 is 17.0 Å². The summed E-state index contributed by atoms with van der Waals surface area (Å²) in [5.74, 6) is 1.53. The van der Waals surface area contributed by atoms with E-state index in [1.54, 1.807) is 0 Å². The van der Waals surface area contributed by atoms with Gasteiger partial charge in [0.15, 0.2) is 0 Å². The summed E-state index contributed by atoms with van der Waals surface area (Å²) >= 11 is 0. The van der Waals surface area contributed by atoms with E-state index < -0.39 is 0 Å². The van der Waals surface area contributed by atoms with Crippen molar-refractivity contribution in [1.82, 2.24) is 0 Å². The van der Waals surface area contributed by atoms with Crippen LogP contribution in [0.1, 0.15) is 38.0 Å². The molecule has 0 aliphatic heterocycles. The Morgan fingerprint density at radius 2 is 1.94 bits per heavy atom. The highest BCUT2D eigenvalue weighted by atomic mass is 16.3. The average molecular weight is 212 g/mol. The van der Waals surface area contributed by atoms with Crippen LogP contribution in [0.2, 0.25) is 0 Å². The third-order valence-electron chi connectivity index (χ3n) is 3.88. The molecule has 1 atom stereocenters. The highest BCUT2D eigenvalue weighted by Gasteiger charge is 2.32. The number of hydrogen-bond acceptors (Lipinski definition) is 1. The lowest BCUT2D eigenvalue weighted by Gasteiger charge is -2.31. The number of benzene rings is 1. The van der Waals surface area contributed by atoms with E-state index in [0.717, 1.165) is 11.3 Å². The third-order valence-corrected chi connectivity index (χ3v) is 3.88. The van der Waals surface area contributed by atoms with Gasteiger partial charge in [-0.1, -0.05) is 45.0 Å². The Morgan fingerprint density at radius 3 is 2.75 bits per heavy atom. The molecule has 1 heteroatoms. The number of para-hydroxylation sites is 1. The topological polar surface area (TPSA) is 13.1 Å². The van der Waals surface area contributed by atoms with Gasteiger partial charge in [0.2, 0.25) is 0 Å². The average Bonchev–Trinajstić information content (AvgIpc) is 2.63. The number of rotatable bonds is 0. The molecule has 0 saturated carbocycles. The van der Waals surface area contributed by atoms with Crippen molar-refractivity contribution in [3.63, 3.8) is 0 Å². The van der Waals surface area contributed by atoms with Gasteiger partial charge in [-0.3, -0.25) is 0 Å². The molecule has 0 N–H and O–H groups in total. The van der Waals surface area contributed by atoms with Crippen LogP contribution in [0, 0.1) is 5.41 Å². The Kier molecular flexibility index (Phi) is 1.82. The summed E-state index contributed by atoms with van der Waals surface area (Å²) in [6.45, 7) is 6.84. The lowest BCUT2D eigenvalue weighted by atomic mass is 9.72. The summed E-state index contributed by atoms with van der Waals surface area (Å²) in [6, 6.07) is 8.30. The van der Waals surface area contributed by atoms with E-state index in [1.807, 2.05) is 12.1 Å². The fraction of sp³-hybridized carbons (Fsp3) is 0.333. The largest absolute Gasteiger partial charge is 0.456 e. The van der Waals surface area contributed by atoms with Crippen molar-refractivity contribution in [1.29, 1.82) is 0 Å². The van der Waals surface area contributed by atoms with Crippen LogP contribution in [0.15, 0.2) is 34.8 Å². The molecule has 0 bridgehead atoms. The maximum Gasteiger partial charge on any atom is 0.135 e. The number of fused-ring (bicyclic) bond motifs is 3. The highest BCUT2D eigenvalue weighted by Crippen LogP contribution is 2.46. The standard InChI is InChI=1S/C15H16O/c1-10-14-11-6-4-5-7-12(11)16-13(14)8-9-15(10,2)3/h4-10H,1-3H3. The Labute approximate surface area is 95.8 Å². The van der Waals surface area contributed by atoms with E-state index in [9.17, 15) is 0 Å². The number of furan rings is 1. The van der Waals surface area contributed by atoms with Gasteiger partial charge in [0.05, 0.1) is 0 Å². The molecular formula is C15H16O. The monoisotopic (exact) mass is 212 g/mol. The SMILES string of the molecule is CC1c2c(oc3ccccc23)C=CC1(C)C. The van der Waals surface area contributed by atoms with Crippen molar-refractivity contribution in [3.8, 4) is 0 Å². The van der Waals surface area contributed by atoms with Crippen molar-refractivity contribution in [2.45, 2.75) is 26.7 Å². The normalized spacial score (nSPS) is 22.3. The first-order valence-corrected chi connectivity index (χ1v) is 5.80. The molecule has 1 aromatic carbocycles. The number of allylic oxidation sites excluding steroid dienone is 1. The van der Waals surface area contributed by atoms with Gasteiger partial charge in [0.1, 0.15) is 11.3 Å². The Balaban J connectivity index is 2.34. The van der Waals surface area contributed by atoms with Crippen LogP contribution in [0.3, 0.4) is 0 Å². The molecule has 2 aromatic rings. The highest BCUT2D eigenvalue weighted by molar-refractivity contribution is 5.86. The second kappa shape index (κ2) is 3.00. The molecule has 0 fully saturated rings. The Morgan fingerprint density at radius 1 is 1.19 bits per heavy atom. The summed E-state index contributed by atoms with van der Waals surface area (Å²) in [5.41, 5.74) is 2.57. The minimum absolute atomic E-state index is 0.208. The predicted octanol–water partition coefficient (Wildman–Crippen LogP) is 4.59. The second-order valence-electron chi connectivity index (χ2n) is 5.25. The maximum atomic E-state index is 5.87. The van der Waals surface area contributed by atoms with Crippen LogP contribution in [0.4, 0.5) is 0 Å². The third kappa shape index (κ3) is 1.18. The van der Waals surface area contributed by atoms with Gasteiger partial charge >= 0.3 is 0 Å². The van der Waals surface area contributed by atoms with Crippen LogP contribution in [-0.2, 0) is 0 Å². The van der Waals surface area contributed by atoms with Crippen molar-refractivity contribution in [2.24, 2.45) is 5.41 Å². The molecule has 1 nitrogen and oxygen atoms in total. The first kappa shape index (κ1) is 9.71. The molecule has 3 rings (SSSR count). The fourth-order valence-corrected chi connectivity index (χ4v) is 2.46. The summed E-state index contributed by atoms with van der Waals surface area (Å²) in [6.07, 6.45) is 4.37. The van der Waals surface area contributed by atoms with Gasteiger partial charge in [0, 0.05) is 10.9 Å². The van der Waals surface area contributed by atoms with Gasteiger partial charge in [0.25, 0.3) is 0 Å². The minimum Gasteiger partial charge on any atom is -0.456 e. The first-order chi connectivity index (χ1) is 7.59. The van der Waals surface area contributed by atoms with Gasteiger partial charge in [-0.2, -0.15) is 0 Å². The molecular weight excluding hydrogens is 196 g/mol. The van der Waals surface area contributed by atoms with Gasteiger partial charge in [-0.05, 0) is 23.5 Å². The molecule has 1 unspecified atom stereocenters. The zero-order valence-electron chi connectivity index (χ0n) is 9.95. The van der Waals surface area contributed by atoms with Gasteiger partial charge in [-0.25, -0.2) is 0 Å². The molecule has 0 radical (unpaired) electrons. The molecule has 1 aromatic heterocycles. The zero-order chi connectivity index (χ0) is 11.3. The van der Waals surface area contributed by atoms with E-state index in [0.29, 0.717) is 5.92 Å². The summed E-state index contributed by atoms with van der Waals surface area (Å²) in [7, 11) is 0. The molecule has 16 heavy (non-hydrogen) atoms. The van der Waals surface area contributed by atoms with Gasteiger partial charge < -0.3 is 4.42 Å². The summed E-state index contributed by atoms with van der Waals surface area (Å²) in [4.78, 5) is 0. The Bertz CT molecular complexity index is 572. The fourth-order valence-electron chi connectivity index (χ4n) is 2.46. The van der Waals surface area contributed by atoms with E-state index >= 15 is 0 Å². The van der Waals surface area contributed by atoms with Crippen LogP contribution in [-0.4, -0.2) is 0 Å². The minimum atomic E-state index is 0.208. The molecule has 0 saturated heterocycles. The van der Waals surface area contributed by atoms with Crippen LogP contribution >= 0.6 is 0 Å². The van der Waals surface area contributed by atoms with Crippen LogP contribution < -0.4 is 0 Å². The molecule has 0 amide bonds. The predicted molar refractivity (Wildman–Crippen MR) is 67.4 cm³/mol. The molecule has 1 aliphatic carbocycles. The lowest BCUT2D eigenvalue weighted by Crippen LogP contribution is -2.19. The van der Waals surface area contributed by atoms with E-state index in [-0.39, 0.29) is 5.41 Å². The van der Waals surface area contributed by atoms with E-state index in [1.165, 1.54) is 10.9 Å².